The van der Waals surface area contributed by atoms with E-state index in [2.05, 4.69) is 20.7 Å². The summed E-state index contributed by atoms with van der Waals surface area (Å²) in [6.07, 6.45) is 0. The highest BCUT2D eigenvalue weighted by molar-refractivity contribution is 9.10. The van der Waals surface area contributed by atoms with Crippen molar-refractivity contribution in [1.82, 2.24) is 0 Å². The first-order chi connectivity index (χ1) is 9.94. The molecule has 2 aromatic carbocycles. The maximum atomic E-state index is 12.3. The minimum Gasteiger partial charge on any atom is -0.279 e. The summed E-state index contributed by atoms with van der Waals surface area (Å²) in [7, 11) is -3.51. The summed E-state index contributed by atoms with van der Waals surface area (Å²) in [5.74, 6) is 0. The van der Waals surface area contributed by atoms with E-state index in [1.54, 1.807) is 18.2 Å². The minimum absolute atomic E-state index is 0.330. The van der Waals surface area contributed by atoms with E-state index in [0.29, 0.717) is 9.90 Å². The lowest BCUT2D eigenvalue weighted by molar-refractivity contribution is 0.603. The first-order valence-electron chi connectivity index (χ1n) is 6.23. The molecule has 3 rings (SSSR count). The molecule has 0 bridgehead atoms. The van der Waals surface area contributed by atoms with Crippen LogP contribution in [0.3, 0.4) is 0 Å². The standard InChI is InChI=1S/C15H12BrNO2S2/c1-10-2-7-15(20-10)21(18,19)17-14-6-4-11-8-13(16)5-3-12(11)9-14/h2-9,17H,1H3. The number of benzene rings is 2. The Morgan fingerprint density at radius 2 is 1.71 bits per heavy atom. The third-order valence-electron chi connectivity index (χ3n) is 3.04. The van der Waals surface area contributed by atoms with Gasteiger partial charge in [0.05, 0.1) is 0 Å². The van der Waals surface area contributed by atoms with Gasteiger partial charge >= 0.3 is 0 Å². The Morgan fingerprint density at radius 3 is 2.43 bits per heavy atom. The van der Waals surface area contributed by atoms with E-state index in [4.69, 9.17) is 0 Å². The second-order valence-corrected chi connectivity index (χ2v) is 8.79. The molecule has 0 aliphatic rings. The Hall–Kier alpha value is -1.37. The lowest BCUT2D eigenvalue weighted by Gasteiger charge is -2.07. The first-order valence-corrected chi connectivity index (χ1v) is 9.32. The summed E-state index contributed by atoms with van der Waals surface area (Å²) in [6.45, 7) is 1.89. The number of thiophene rings is 1. The molecule has 0 fully saturated rings. The van der Waals surface area contributed by atoms with Gasteiger partial charge in [-0.3, -0.25) is 4.72 Å². The van der Waals surface area contributed by atoms with Gasteiger partial charge in [-0.2, -0.15) is 0 Å². The van der Waals surface area contributed by atoms with E-state index < -0.39 is 10.0 Å². The molecular formula is C15H12BrNO2S2. The maximum Gasteiger partial charge on any atom is 0.271 e. The fraction of sp³-hybridized carbons (Fsp3) is 0.0667. The highest BCUT2D eigenvalue weighted by Gasteiger charge is 2.16. The third-order valence-corrected chi connectivity index (χ3v) is 6.40. The molecule has 21 heavy (non-hydrogen) atoms. The van der Waals surface area contributed by atoms with Crippen molar-refractivity contribution in [3.05, 3.63) is 57.9 Å². The molecule has 1 aromatic heterocycles. The van der Waals surface area contributed by atoms with Crippen LogP contribution in [0.25, 0.3) is 10.8 Å². The number of anilines is 1. The number of sulfonamides is 1. The van der Waals surface area contributed by atoms with Gasteiger partial charge in [-0.05, 0) is 54.1 Å². The van der Waals surface area contributed by atoms with Crippen molar-refractivity contribution in [2.45, 2.75) is 11.1 Å². The quantitative estimate of drug-likeness (QED) is 0.709. The van der Waals surface area contributed by atoms with Crippen LogP contribution in [0.5, 0.6) is 0 Å². The van der Waals surface area contributed by atoms with Crippen LogP contribution in [0.15, 0.2) is 57.2 Å². The zero-order chi connectivity index (χ0) is 15.0. The molecule has 0 aliphatic carbocycles. The van der Waals surface area contributed by atoms with Gasteiger partial charge in [0.2, 0.25) is 0 Å². The van der Waals surface area contributed by atoms with Crippen molar-refractivity contribution in [3.63, 3.8) is 0 Å². The zero-order valence-electron chi connectivity index (χ0n) is 11.1. The van der Waals surface area contributed by atoms with Crippen LogP contribution in [0.4, 0.5) is 5.69 Å². The molecule has 0 saturated heterocycles. The summed E-state index contributed by atoms with van der Waals surface area (Å²) >= 11 is 4.69. The van der Waals surface area contributed by atoms with Crippen LogP contribution in [0, 0.1) is 6.92 Å². The molecule has 1 N–H and O–H groups in total. The van der Waals surface area contributed by atoms with Crippen molar-refractivity contribution in [3.8, 4) is 0 Å². The fourth-order valence-electron chi connectivity index (χ4n) is 2.04. The second-order valence-electron chi connectivity index (χ2n) is 4.68. The Kier molecular flexibility index (Phi) is 3.77. The van der Waals surface area contributed by atoms with Gasteiger partial charge < -0.3 is 0 Å². The largest absolute Gasteiger partial charge is 0.279 e. The highest BCUT2D eigenvalue weighted by Crippen LogP contribution is 2.26. The molecule has 3 aromatic rings. The monoisotopic (exact) mass is 381 g/mol. The van der Waals surface area contributed by atoms with Crippen LogP contribution in [-0.4, -0.2) is 8.42 Å². The molecule has 3 nitrogen and oxygen atoms in total. The summed E-state index contributed by atoms with van der Waals surface area (Å²) < 4.78 is 28.5. The molecule has 6 heteroatoms. The summed E-state index contributed by atoms with van der Waals surface area (Å²) in [5, 5.41) is 2.04. The number of aryl methyl sites for hydroxylation is 1. The number of halogens is 1. The summed E-state index contributed by atoms with van der Waals surface area (Å²) in [6, 6.07) is 14.8. The smallest absolute Gasteiger partial charge is 0.271 e. The Bertz CT molecular complexity index is 916. The van der Waals surface area contributed by atoms with Crippen molar-refractivity contribution in [2.24, 2.45) is 0 Å². The van der Waals surface area contributed by atoms with Gasteiger partial charge in [0.1, 0.15) is 4.21 Å². The predicted octanol–water partition coefficient (Wildman–Crippen LogP) is 4.77. The predicted molar refractivity (Wildman–Crippen MR) is 91.5 cm³/mol. The van der Waals surface area contributed by atoms with Crippen LogP contribution in [0.2, 0.25) is 0 Å². The van der Waals surface area contributed by atoms with Crippen molar-refractivity contribution in [2.75, 3.05) is 4.72 Å². The topological polar surface area (TPSA) is 46.2 Å². The van der Waals surface area contributed by atoms with Crippen LogP contribution in [0.1, 0.15) is 4.88 Å². The molecule has 108 valence electrons. The molecule has 0 unspecified atom stereocenters. The van der Waals surface area contributed by atoms with Crippen molar-refractivity contribution >= 4 is 53.7 Å². The molecular weight excluding hydrogens is 370 g/mol. The molecule has 1 heterocycles. The van der Waals surface area contributed by atoms with E-state index in [0.717, 1.165) is 20.1 Å². The van der Waals surface area contributed by atoms with Gasteiger partial charge in [0.15, 0.2) is 0 Å². The Labute approximate surface area is 135 Å². The molecule has 0 amide bonds. The lowest BCUT2D eigenvalue weighted by Crippen LogP contribution is -2.11. The normalized spacial score (nSPS) is 11.7. The molecule has 0 radical (unpaired) electrons. The highest BCUT2D eigenvalue weighted by atomic mass is 79.9. The summed E-state index contributed by atoms with van der Waals surface area (Å²) in [4.78, 5) is 0.971. The second kappa shape index (κ2) is 5.44. The minimum atomic E-state index is -3.51. The average Bonchev–Trinajstić information content (AvgIpc) is 2.86. The molecule has 0 saturated carbocycles. The van der Waals surface area contributed by atoms with Gasteiger partial charge in [-0.25, -0.2) is 8.42 Å². The fourth-order valence-corrected chi connectivity index (χ4v) is 4.75. The summed E-state index contributed by atoms with van der Waals surface area (Å²) in [5.41, 5.74) is 0.566. The van der Waals surface area contributed by atoms with E-state index in [9.17, 15) is 8.42 Å². The number of fused-ring (bicyclic) bond motifs is 1. The van der Waals surface area contributed by atoms with E-state index >= 15 is 0 Å². The van der Waals surface area contributed by atoms with E-state index in [1.807, 2.05) is 37.3 Å². The first kappa shape index (κ1) is 14.6. The van der Waals surface area contributed by atoms with E-state index in [1.165, 1.54) is 11.3 Å². The van der Waals surface area contributed by atoms with Crippen LogP contribution in [-0.2, 0) is 10.0 Å². The third kappa shape index (κ3) is 3.12. The SMILES string of the molecule is Cc1ccc(S(=O)(=O)Nc2ccc3cc(Br)ccc3c2)s1. The zero-order valence-corrected chi connectivity index (χ0v) is 14.3. The van der Waals surface area contributed by atoms with Gasteiger partial charge in [-0.1, -0.05) is 28.1 Å². The molecule has 0 spiro atoms. The Balaban J connectivity index is 1.96. The van der Waals surface area contributed by atoms with Gasteiger partial charge in [0.25, 0.3) is 10.0 Å². The molecule has 0 atom stereocenters. The number of hydrogen-bond donors (Lipinski definition) is 1. The number of nitrogens with one attached hydrogen (secondary N) is 1. The van der Waals surface area contributed by atoms with E-state index in [-0.39, 0.29) is 0 Å². The Morgan fingerprint density at radius 1 is 1.00 bits per heavy atom. The molecule has 0 aliphatic heterocycles. The van der Waals surface area contributed by atoms with Gasteiger partial charge in [0, 0.05) is 15.0 Å². The average molecular weight is 382 g/mol. The number of hydrogen-bond acceptors (Lipinski definition) is 3. The van der Waals surface area contributed by atoms with Gasteiger partial charge in [-0.15, -0.1) is 11.3 Å². The van der Waals surface area contributed by atoms with Crippen LogP contribution >= 0.6 is 27.3 Å². The van der Waals surface area contributed by atoms with Crippen molar-refractivity contribution < 1.29 is 8.42 Å². The van der Waals surface area contributed by atoms with Crippen LogP contribution < -0.4 is 4.72 Å². The van der Waals surface area contributed by atoms with Crippen molar-refractivity contribution in [1.29, 1.82) is 0 Å². The number of rotatable bonds is 3. The lowest BCUT2D eigenvalue weighted by atomic mass is 10.1. The maximum absolute atomic E-state index is 12.3.